The zero-order valence-corrected chi connectivity index (χ0v) is 18.7. The van der Waals surface area contributed by atoms with Crippen molar-refractivity contribution in [1.82, 2.24) is 9.97 Å². The average molecular weight is 449 g/mol. The second-order valence-corrected chi connectivity index (χ2v) is 7.81. The van der Waals surface area contributed by atoms with Crippen molar-refractivity contribution in [2.24, 2.45) is 0 Å². The number of nitro groups is 1. The molecule has 172 valence electrons. The zero-order chi connectivity index (χ0) is 23.0. The lowest BCUT2D eigenvalue weighted by Gasteiger charge is -2.36. The minimum Gasteiger partial charge on any atom is -0.494 e. The number of rotatable bonds is 9. The summed E-state index contributed by atoms with van der Waals surface area (Å²) >= 11 is 0. The van der Waals surface area contributed by atoms with Crippen molar-refractivity contribution in [2.75, 3.05) is 47.9 Å². The summed E-state index contributed by atoms with van der Waals surface area (Å²) < 4.78 is 5.68. The Morgan fingerprint density at radius 3 is 2.36 bits per heavy atom. The maximum absolute atomic E-state index is 12.0. The van der Waals surface area contributed by atoms with E-state index in [9.17, 15) is 10.1 Å². The maximum Gasteiger partial charge on any atom is 0.353 e. The molecule has 0 atom stereocenters. The van der Waals surface area contributed by atoms with Crippen LogP contribution in [0.15, 0.2) is 60.9 Å². The second-order valence-electron chi connectivity index (χ2n) is 7.81. The van der Waals surface area contributed by atoms with Crippen molar-refractivity contribution in [3.05, 3.63) is 71.0 Å². The van der Waals surface area contributed by atoms with Crippen LogP contribution in [0.4, 0.5) is 28.7 Å². The first-order valence-electron chi connectivity index (χ1n) is 11.2. The molecule has 33 heavy (non-hydrogen) atoms. The van der Waals surface area contributed by atoms with Crippen molar-refractivity contribution in [1.29, 1.82) is 0 Å². The molecule has 1 aliphatic rings. The van der Waals surface area contributed by atoms with Gasteiger partial charge in [-0.05, 0) is 42.8 Å². The van der Waals surface area contributed by atoms with E-state index in [4.69, 9.17) is 4.74 Å². The first-order valence-corrected chi connectivity index (χ1v) is 11.2. The van der Waals surface area contributed by atoms with Crippen molar-refractivity contribution in [3.63, 3.8) is 0 Å². The molecule has 9 heteroatoms. The molecule has 1 aliphatic heterocycles. The molecule has 0 spiro atoms. The van der Waals surface area contributed by atoms with Gasteiger partial charge in [-0.15, -0.1) is 0 Å². The molecule has 3 aromatic rings. The van der Waals surface area contributed by atoms with Gasteiger partial charge in [0.2, 0.25) is 11.6 Å². The Bertz CT molecular complexity index is 1050. The standard InChI is InChI=1S/C24H28N6O3/c1-2-3-17-33-21-11-9-19(10-12-21)27-23-22(30(31)32)24(26-18-25-23)29-15-13-28(14-16-29)20-7-5-4-6-8-20/h4-12,18H,2-3,13-17H2,1H3,(H,25,26,27). The number of piperazine rings is 1. The number of para-hydroxylation sites is 1. The van der Waals surface area contributed by atoms with E-state index in [2.05, 4.69) is 39.2 Å². The largest absolute Gasteiger partial charge is 0.494 e. The molecule has 2 aromatic carbocycles. The van der Waals surface area contributed by atoms with E-state index in [0.717, 1.165) is 37.4 Å². The highest BCUT2D eigenvalue weighted by Gasteiger charge is 2.29. The number of benzene rings is 2. The average Bonchev–Trinajstić information content (AvgIpc) is 2.86. The van der Waals surface area contributed by atoms with Crippen LogP contribution in [-0.4, -0.2) is 47.7 Å². The lowest BCUT2D eigenvalue weighted by Crippen LogP contribution is -2.47. The van der Waals surface area contributed by atoms with Crippen LogP contribution in [-0.2, 0) is 0 Å². The zero-order valence-electron chi connectivity index (χ0n) is 18.7. The van der Waals surface area contributed by atoms with Gasteiger partial charge in [-0.1, -0.05) is 31.5 Å². The summed E-state index contributed by atoms with van der Waals surface area (Å²) in [7, 11) is 0. The smallest absolute Gasteiger partial charge is 0.353 e. The number of anilines is 4. The van der Waals surface area contributed by atoms with E-state index in [1.807, 2.05) is 47.4 Å². The van der Waals surface area contributed by atoms with Gasteiger partial charge in [-0.25, -0.2) is 9.97 Å². The molecule has 4 rings (SSSR count). The van der Waals surface area contributed by atoms with E-state index in [1.165, 1.54) is 6.33 Å². The quantitative estimate of drug-likeness (QED) is 0.287. The van der Waals surface area contributed by atoms with Crippen LogP contribution in [0, 0.1) is 10.1 Å². The van der Waals surface area contributed by atoms with Gasteiger partial charge in [0.1, 0.15) is 12.1 Å². The van der Waals surface area contributed by atoms with Gasteiger partial charge in [-0.3, -0.25) is 10.1 Å². The van der Waals surface area contributed by atoms with Crippen molar-refractivity contribution in [2.45, 2.75) is 19.8 Å². The molecule has 0 saturated carbocycles. The highest BCUT2D eigenvalue weighted by Crippen LogP contribution is 2.34. The molecule has 9 nitrogen and oxygen atoms in total. The van der Waals surface area contributed by atoms with Crippen LogP contribution in [0.25, 0.3) is 0 Å². The fourth-order valence-corrected chi connectivity index (χ4v) is 3.78. The Morgan fingerprint density at radius 1 is 1.00 bits per heavy atom. The first-order chi connectivity index (χ1) is 16.2. The number of nitrogens with zero attached hydrogens (tertiary/aromatic N) is 5. The fourth-order valence-electron chi connectivity index (χ4n) is 3.78. The predicted octanol–water partition coefficient (Wildman–Crippen LogP) is 4.63. The summed E-state index contributed by atoms with van der Waals surface area (Å²) in [5, 5.41) is 15.1. The van der Waals surface area contributed by atoms with Crippen molar-refractivity contribution < 1.29 is 9.66 Å². The molecular weight excluding hydrogens is 420 g/mol. The number of nitrogens with one attached hydrogen (secondary N) is 1. The summed E-state index contributed by atoms with van der Waals surface area (Å²) in [6.45, 7) is 5.57. The van der Waals surface area contributed by atoms with Crippen LogP contribution in [0.3, 0.4) is 0 Å². The molecule has 0 amide bonds. The number of unbranched alkanes of at least 4 members (excludes halogenated alkanes) is 1. The lowest BCUT2D eigenvalue weighted by atomic mass is 10.2. The van der Waals surface area contributed by atoms with E-state index >= 15 is 0 Å². The summed E-state index contributed by atoms with van der Waals surface area (Å²) in [5.41, 5.74) is 1.73. The topological polar surface area (TPSA) is 96.7 Å². The molecule has 1 saturated heterocycles. The molecule has 0 bridgehead atoms. The summed E-state index contributed by atoms with van der Waals surface area (Å²) in [6.07, 6.45) is 3.44. The second kappa shape index (κ2) is 10.6. The Hall–Kier alpha value is -3.88. The molecule has 1 aromatic heterocycles. The molecule has 1 N–H and O–H groups in total. The third kappa shape index (κ3) is 5.49. The van der Waals surface area contributed by atoms with E-state index in [1.54, 1.807) is 0 Å². The number of aromatic nitrogens is 2. The van der Waals surface area contributed by atoms with Crippen molar-refractivity contribution in [3.8, 4) is 5.75 Å². The predicted molar refractivity (Wildman–Crippen MR) is 130 cm³/mol. The monoisotopic (exact) mass is 448 g/mol. The van der Waals surface area contributed by atoms with Gasteiger partial charge in [0.15, 0.2) is 0 Å². The molecule has 0 aliphatic carbocycles. The van der Waals surface area contributed by atoms with Crippen LogP contribution in [0.5, 0.6) is 5.75 Å². The van der Waals surface area contributed by atoms with Crippen LogP contribution in [0.2, 0.25) is 0 Å². The Balaban J connectivity index is 1.48. The summed E-state index contributed by atoms with van der Waals surface area (Å²) in [5.74, 6) is 1.28. The van der Waals surface area contributed by atoms with E-state index in [0.29, 0.717) is 31.2 Å². The normalized spacial score (nSPS) is 13.6. The minimum absolute atomic E-state index is 0.117. The summed E-state index contributed by atoms with van der Waals surface area (Å²) in [4.78, 5) is 24.2. The van der Waals surface area contributed by atoms with Gasteiger partial charge in [0.25, 0.3) is 0 Å². The number of ether oxygens (including phenoxy) is 1. The van der Waals surface area contributed by atoms with Gasteiger partial charge in [0, 0.05) is 37.6 Å². The molecular formula is C24H28N6O3. The maximum atomic E-state index is 12.0. The van der Waals surface area contributed by atoms with Gasteiger partial charge in [-0.2, -0.15) is 0 Å². The molecule has 0 radical (unpaired) electrons. The molecule has 0 unspecified atom stereocenters. The van der Waals surface area contributed by atoms with Gasteiger partial charge in [0.05, 0.1) is 11.5 Å². The highest BCUT2D eigenvalue weighted by atomic mass is 16.6. The third-order valence-corrected chi connectivity index (χ3v) is 5.57. The Morgan fingerprint density at radius 2 is 1.70 bits per heavy atom. The number of hydrogen-bond donors (Lipinski definition) is 1. The highest BCUT2D eigenvalue weighted by molar-refractivity contribution is 5.74. The minimum atomic E-state index is -0.413. The number of hydrogen-bond acceptors (Lipinski definition) is 8. The fraction of sp³-hybridized carbons (Fsp3) is 0.333. The van der Waals surface area contributed by atoms with Crippen LogP contribution < -0.4 is 19.9 Å². The summed E-state index contributed by atoms with van der Waals surface area (Å²) in [6, 6.07) is 17.5. The molecule has 2 heterocycles. The Labute approximate surface area is 193 Å². The van der Waals surface area contributed by atoms with Gasteiger partial charge >= 0.3 is 5.69 Å². The van der Waals surface area contributed by atoms with Crippen molar-refractivity contribution >= 4 is 28.7 Å². The van der Waals surface area contributed by atoms with E-state index < -0.39 is 4.92 Å². The Kier molecular flexibility index (Phi) is 7.19. The van der Waals surface area contributed by atoms with E-state index in [-0.39, 0.29) is 11.5 Å². The first kappa shape index (κ1) is 22.3. The SMILES string of the molecule is CCCCOc1ccc(Nc2ncnc(N3CCN(c4ccccc4)CC3)c2[N+](=O)[O-])cc1. The van der Waals surface area contributed by atoms with Crippen LogP contribution in [0.1, 0.15) is 19.8 Å². The van der Waals surface area contributed by atoms with Gasteiger partial charge < -0.3 is 19.9 Å². The molecule has 1 fully saturated rings. The lowest BCUT2D eigenvalue weighted by molar-refractivity contribution is -0.383. The third-order valence-electron chi connectivity index (χ3n) is 5.57. The van der Waals surface area contributed by atoms with Crippen LogP contribution >= 0.6 is 0 Å².